The zero-order valence-corrected chi connectivity index (χ0v) is 25.5. The largest absolute Gasteiger partial charge is 0.333 e. The van der Waals surface area contributed by atoms with Gasteiger partial charge in [0.1, 0.15) is 11.6 Å². The number of imidazole rings is 1. The number of allylic oxidation sites excluding steroid dienone is 1. The third-order valence-corrected chi connectivity index (χ3v) is 8.04. The number of thiophene rings is 1. The molecule has 3 heterocycles. The van der Waals surface area contributed by atoms with Gasteiger partial charge in [0, 0.05) is 19.6 Å². The Kier molecular flexibility index (Phi) is 9.79. The number of fused-ring (bicyclic) bond motifs is 1. The fourth-order valence-corrected chi connectivity index (χ4v) is 5.82. The molecule has 42 heavy (non-hydrogen) atoms. The van der Waals surface area contributed by atoms with Crippen molar-refractivity contribution in [2.75, 3.05) is 18.4 Å². The summed E-state index contributed by atoms with van der Waals surface area (Å²) >= 11 is 0.745. The summed E-state index contributed by atoms with van der Waals surface area (Å²) < 4.78 is 28.2. The fraction of sp³-hybridized carbons (Fsp3) is 0.484. The van der Waals surface area contributed by atoms with Crippen LogP contribution >= 0.6 is 11.3 Å². The van der Waals surface area contributed by atoms with E-state index in [0.29, 0.717) is 31.1 Å². The van der Waals surface area contributed by atoms with Gasteiger partial charge in [0.2, 0.25) is 5.95 Å². The normalized spacial score (nSPS) is 16.0. The number of halogens is 2. The molecule has 8 nitrogen and oxygen atoms in total. The topological polar surface area (TPSA) is 103 Å². The van der Waals surface area contributed by atoms with Crippen LogP contribution in [0.1, 0.15) is 74.0 Å². The second-order valence-corrected chi connectivity index (χ2v) is 13.3. The summed E-state index contributed by atoms with van der Waals surface area (Å²) in [5.74, 6) is -0.0446. The van der Waals surface area contributed by atoms with Crippen LogP contribution in [-0.4, -0.2) is 45.4 Å². The first kappa shape index (κ1) is 31.3. The van der Waals surface area contributed by atoms with Crippen LogP contribution in [0.25, 0.3) is 11.0 Å². The predicted octanol–water partition coefficient (Wildman–Crippen LogP) is 6.52. The van der Waals surface area contributed by atoms with Gasteiger partial charge in [-0.2, -0.15) is 5.26 Å². The van der Waals surface area contributed by atoms with Gasteiger partial charge in [-0.15, -0.1) is 11.3 Å². The molecule has 1 atom stereocenters. The van der Waals surface area contributed by atoms with Crippen molar-refractivity contribution in [1.82, 2.24) is 19.8 Å². The van der Waals surface area contributed by atoms with E-state index in [-0.39, 0.29) is 38.6 Å². The number of benzene rings is 1. The monoisotopic (exact) mass is 596 g/mol. The summed E-state index contributed by atoms with van der Waals surface area (Å²) in [5.41, 5.74) is 2.28. The third-order valence-electron chi connectivity index (χ3n) is 6.94. The van der Waals surface area contributed by atoms with Gasteiger partial charge < -0.3 is 14.8 Å². The number of hydrogen-bond acceptors (Lipinski definition) is 6. The number of likely N-dealkylation sites (tertiary alicyclic amines) is 1. The van der Waals surface area contributed by atoms with Crippen molar-refractivity contribution in [3.8, 4) is 6.07 Å². The van der Waals surface area contributed by atoms with E-state index in [1.807, 2.05) is 43.5 Å². The first-order chi connectivity index (χ1) is 19.9. The molecule has 0 bridgehead atoms. The van der Waals surface area contributed by atoms with E-state index in [1.165, 1.54) is 12.1 Å². The summed E-state index contributed by atoms with van der Waals surface area (Å²) in [6.45, 7) is 12.5. The van der Waals surface area contributed by atoms with E-state index < -0.39 is 12.3 Å². The molecule has 1 aliphatic heterocycles. The Morgan fingerprint density at radius 3 is 2.64 bits per heavy atom. The lowest BCUT2D eigenvalue weighted by Crippen LogP contribution is -2.39. The van der Waals surface area contributed by atoms with Crippen molar-refractivity contribution in [2.24, 2.45) is 11.3 Å². The Labute approximate surface area is 249 Å². The Morgan fingerprint density at radius 1 is 1.24 bits per heavy atom. The number of aromatic nitrogens is 2. The second kappa shape index (κ2) is 13.1. The molecule has 2 aromatic heterocycles. The molecule has 0 unspecified atom stereocenters. The smallest absolute Gasteiger partial charge is 0.272 e. The second-order valence-electron chi connectivity index (χ2n) is 12.2. The number of alkyl halides is 2. The molecule has 0 radical (unpaired) electrons. The Hall–Kier alpha value is -3.62. The average molecular weight is 597 g/mol. The first-order valence-electron chi connectivity index (χ1n) is 14.2. The highest BCUT2D eigenvalue weighted by molar-refractivity contribution is 7.14. The number of anilines is 1. The minimum atomic E-state index is -2.65. The molecule has 0 aliphatic carbocycles. The van der Waals surface area contributed by atoms with Crippen molar-refractivity contribution >= 4 is 40.1 Å². The lowest BCUT2D eigenvalue weighted by atomic mass is 9.93. The number of carbonyl (C=O) groups is 2. The number of amides is 2. The molecular formula is C31H38F2N6O2S. The summed E-state index contributed by atoms with van der Waals surface area (Å²) in [6.07, 6.45) is 0.565. The maximum atomic E-state index is 13.4. The van der Waals surface area contributed by atoms with Gasteiger partial charge in [-0.1, -0.05) is 46.8 Å². The molecule has 1 fully saturated rings. The number of nitrogens with zero attached hydrogens (tertiary/aromatic N) is 4. The molecule has 11 heteroatoms. The van der Waals surface area contributed by atoms with E-state index in [2.05, 4.69) is 30.6 Å². The Balaban J connectivity index is 1.66. The molecule has 1 saturated heterocycles. The van der Waals surface area contributed by atoms with Crippen LogP contribution in [0.3, 0.4) is 0 Å². The van der Waals surface area contributed by atoms with Crippen LogP contribution in [0.2, 0.25) is 0 Å². The van der Waals surface area contributed by atoms with E-state index in [0.717, 1.165) is 41.8 Å². The highest BCUT2D eigenvalue weighted by Gasteiger charge is 2.32. The van der Waals surface area contributed by atoms with Crippen molar-refractivity contribution in [3.05, 3.63) is 57.3 Å². The van der Waals surface area contributed by atoms with Gasteiger partial charge in [0.15, 0.2) is 0 Å². The highest BCUT2D eigenvalue weighted by atomic mass is 32.1. The van der Waals surface area contributed by atoms with E-state index >= 15 is 0 Å². The summed E-state index contributed by atoms with van der Waals surface area (Å²) in [6, 6.07) is 10.4. The van der Waals surface area contributed by atoms with Gasteiger partial charge >= 0.3 is 0 Å². The molecule has 3 aromatic rings. The molecule has 0 saturated carbocycles. The number of hydrogen-bond donors (Lipinski definition) is 2. The zero-order chi connectivity index (χ0) is 30.6. The van der Waals surface area contributed by atoms with Crippen LogP contribution < -0.4 is 10.6 Å². The van der Waals surface area contributed by atoms with Gasteiger partial charge in [0.25, 0.3) is 18.2 Å². The molecule has 1 aromatic carbocycles. The molecule has 1 aliphatic rings. The Morgan fingerprint density at radius 2 is 2.00 bits per heavy atom. The van der Waals surface area contributed by atoms with Crippen molar-refractivity contribution in [2.45, 2.75) is 73.0 Å². The maximum Gasteiger partial charge on any atom is 0.272 e. The van der Waals surface area contributed by atoms with Crippen molar-refractivity contribution in [3.63, 3.8) is 0 Å². The van der Waals surface area contributed by atoms with E-state index in [4.69, 9.17) is 4.98 Å². The summed E-state index contributed by atoms with van der Waals surface area (Å²) in [5, 5.41) is 16.0. The first-order valence-corrected chi connectivity index (χ1v) is 15.0. The quantitative estimate of drug-likeness (QED) is 0.205. The van der Waals surface area contributed by atoms with Crippen LogP contribution in [0.5, 0.6) is 0 Å². The standard InChI is InChI=1S/C31H38F2N6O2S/c1-19(2)16-35-17-20-8-9-24-23(13-20)36-30(37-28(40)26-11-10-25(42-26)27(32)33)39(24)18-22-7-6-12-38(22)29(41)21(15-34)14-31(3,4)5/h8-11,13-14,19,22,27,35H,6-7,12,16-18H2,1-5H3,(H,36,37,40)/t22-/m1/s1. The van der Waals surface area contributed by atoms with Gasteiger partial charge in [0.05, 0.1) is 26.8 Å². The summed E-state index contributed by atoms with van der Waals surface area (Å²) in [7, 11) is 0. The molecule has 0 spiro atoms. The minimum absolute atomic E-state index is 0.115. The van der Waals surface area contributed by atoms with Gasteiger partial charge in [-0.3, -0.25) is 14.9 Å². The van der Waals surface area contributed by atoms with Crippen molar-refractivity contribution < 1.29 is 18.4 Å². The highest BCUT2D eigenvalue weighted by Crippen LogP contribution is 2.30. The fourth-order valence-electron chi connectivity index (χ4n) is 5.06. The van der Waals surface area contributed by atoms with Crippen LogP contribution in [-0.2, 0) is 17.9 Å². The lowest BCUT2D eigenvalue weighted by Gasteiger charge is -2.26. The van der Waals surface area contributed by atoms with E-state index in [1.54, 1.807) is 11.0 Å². The number of nitrogens with one attached hydrogen (secondary N) is 2. The predicted molar refractivity (Wildman–Crippen MR) is 161 cm³/mol. The average Bonchev–Trinajstić information content (AvgIpc) is 3.66. The number of rotatable bonds is 10. The lowest BCUT2D eigenvalue weighted by molar-refractivity contribution is -0.127. The van der Waals surface area contributed by atoms with Crippen LogP contribution in [0, 0.1) is 22.7 Å². The molecule has 2 N–H and O–H groups in total. The zero-order valence-electron chi connectivity index (χ0n) is 24.7. The SMILES string of the molecule is CC(C)CNCc1ccc2c(c1)nc(NC(=O)c1ccc(C(F)F)s1)n2C[C@H]1CCCN1C(=O)C(C#N)=CC(C)(C)C. The summed E-state index contributed by atoms with van der Waals surface area (Å²) in [4.78, 5) is 33.0. The minimum Gasteiger partial charge on any atom is -0.333 e. The number of carbonyl (C=O) groups excluding carboxylic acids is 2. The van der Waals surface area contributed by atoms with Gasteiger partial charge in [-0.05, 0) is 60.5 Å². The molecule has 2 amide bonds. The maximum absolute atomic E-state index is 13.4. The van der Waals surface area contributed by atoms with Crippen LogP contribution in [0.15, 0.2) is 42.0 Å². The molecule has 4 rings (SSSR count). The Bertz CT molecular complexity index is 1510. The van der Waals surface area contributed by atoms with Crippen LogP contribution in [0.4, 0.5) is 14.7 Å². The van der Waals surface area contributed by atoms with Gasteiger partial charge in [-0.25, -0.2) is 13.8 Å². The van der Waals surface area contributed by atoms with E-state index in [9.17, 15) is 23.6 Å². The molecular weight excluding hydrogens is 558 g/mol. The third kappa shape index (κ3) is 7.61. The number of nitriles is 1. The van der Waals surface area contributed by atoms with Crippen molar-refractivity contribution in [1.29, 1.82) is 5.26 Å². The molecule has 224 valence electrons.